The Morgan fingerprint density at radius 3 is 2.94 bits per heavy atom. The first-order chi connectivity index (χ1) is 8.09. The number of hydrogen-bond donors (Lipinski definition) is 1. The summed E-state index contributed by atoms with van der Waals surface area (Å²) < 4.78 is 7.18. The lowest BCUT2D eigenvalue weighted by Gasteiger charge is -2.29. The molecule has 1 N–H and O–H groups in total. The minimum Gasteiger partial charge on any atom is -0.481 e. The number of carbonyl (C=O) groups is 1. The van der Waals surface area contributed by atoms with Crippen molar-refractivity contribution in [3.05, 3.63) is 26.9 Å². The number of aliphatic carboxylic acids is 1. The van der Waals surface area contributed by atoms with Gasteiger partial charge < -0.3 is 9.84 Å². The van der Waals surface area contributed by atoms with Gasteiger partial charge in [-0.3, -0.25) is 9.78 Å². The Morgan fingerprint density at radius 1 is 1.53 bits per heavy atom. The van der Waals surface area contributed by atoms with Gasteiger partial charge in [-0.1, -0.05) is 0 Å². The van der Waals surface area contributed by atoms with Crippen molar-refractivity contribution in [2.75, 3.05) is 6.61 Å². The van der Waals surface area contributed by atoms with E-state index in [1.165, 1.54) is 0 Å². The summed E-state index contributed by atoms with van der Waals surface area (Å²) in [6.45, 7) is 0.582. The van der Waals surface area contributed by atoms with Gasteiger partial charge in [0.05, 0.1) is 11.6 Å². The zero-order valence-corrected chi connectivity index (χ0v) is 12.1. The van der Waals surface area contributed by atoms with Gasteiger partial charge in [0, 0.05) is 21.7 Å². The molecule has 1 aliphatic rings. The SMILES string of the molecule is O=C(O)C1CCCOC1c1ncc(Br)cc1Br. The molecule has 0 aromatic carbocycles. The molecule has 0 aliphatic carbocycles. The van der Waals surface area contributed by atoms with Crippen molar-refractivity contribution in [3.63, 3.8) is 0 Å². The molecule has 2 unspecified atom stereocenters. The van der Waals surface area contributed by atoms with Gasteiger partial charge in [0.15, 0.2) is 0 Å². The average molecular weight is 365 g/mol. The van der Waals surface area contributed by atoms with Crippen LogP contribution in [0.2, 0.25) is 0 Å². The molecule has 2 atom stereocenters. The molecule has 0 spiro atoms. The smallest absolute Gasteiger partial charge is 0.309 e. The van der Waals surface area contributed by atoms with Gasteiger partial charge in [-0.2, -0.15) is 0 Å². The van der Waals surface area contributed by atoms with Crippen LogP contribution in [-0.2, 0) is 9.53 Å². The van der Waals surface area contributed by atoms with Gasteiger partial charge in [0.1, 0.15) is 6.10 Å². The fraction of sp³-hybridized carbons (Fsp3) is 0.455. The third-order valence-electron chi connectivity index (χ3n) is 2.75. The lowest BCUT2D eigenvalue weighted by molar-refractivity contribution is -0.152. The number of hydrogen-bond acceptors (Lipinski definition) is 3. The molecule has 2 heterocycles. The lowest BCUT2D eigenvalue weighted by atomic mass is 9.92. The van der Waals surface area contributed by atoms with E-state index in [9.17, 15) is 9.90 Å². The van der Waals surface area contributed by atoms with Gasteiger partial charge >= 0.3 is 5.97 Å². The Morgan fingerprint density at radius 2 is 2.29 bits per heavy atom. The van der Waals surface area contributed by atoms with E-state index < -0.39 is 18.0 Å². The number of rotatable bonds is 2. The van der Waals surface area contributed by atoms with Crippen LogP contribution in [0.3, 0.4) is 0 Å². The molecule has 1 aromatic rings. The Bertz CT molecular complexity index is 439. The molecule has 92 valence electrons. The standard InChI is InChI=1S/C11H11Br2NO3/c12-6-4-8(13)9(14-5-6)10-7(11(15)16)2-1-3-17-10/h4-5,7,10H,1-3H2,(H,15,16). The van der Waals surface area contributed by atoms with Crippen LogP contribution in [-0.4, -0.2) is 22.7 Å². The fourth-order valence-electron chi connectivity index (χ4n) is 1.94. The van der Waals surface area contributed by atoms with E-state index >= 15 is 0 Å². The van der Waals surface area contributed by atoms with Gasteiger partial charge in [-0.15, -0.1) is 0 Å². The van der Waals surface area contributed by atoms with Crippen LogP contribution in [0.1, 0.15) is 24.6 Å². The van der Waals surface area contributed by atoms with Crippen molar-refractivity contribution >= 4 is 37.8 Å². The van der Waals surface area contributed by atoms with E-state index in [1.54, 1.807) is 6.20 Å². The van der Waals surface area contributed by atoms with Gasteiger partial charge in [0.25, 0.3) is 0 Å². The number of ether oxygens (including phenoxy) is 1. The van der Waals surface area contributed by atoms with E-state index in [0.29, 0.717) is 18.7 Å². The van der Waals surface area contributed by atoms with Crippen LogP contribution in [0, 0.1) is 5.92 Å². The quantitative estimate of drug-likeness (QED) is 0.875. The summed E-state index contributed by atoms with van der Waals surface area (Å²) in [6.07, 6.45) is 2.59. The van der Waals surface area contributed by atoms with Crippen molar-refractivity contribution in [1.82, 2.24) is 4.98 Å². The Hall–Kier alpha value is -0.460. The van der Waals surface area contributed by atoms with Crippen molar-refractivity contribution in [3.8, 4) is 0 Å². The molecule has 1 saturated heterocycles. The van der Waals surface area contributed by atoms with E-state index in [-0.39, 0.29) is 0 Å². The predicted octanol–water partition coefficient (Wildman–Crippen LogP) is 3.16. The highest BCUT2D eigenvalue weighted by Crippen LogP contribution is 2.36. The normalized spacial score (nSPS) is 24.6. The van der Waals surface area contributed by atoms with E-state index in [1.807, 2.05) is 6.07 Å². The van der Waals surface area contributed by atoms with Crippen LogP contribution in [0.25, 0.3) is 0 Å². The Kier molecular flexibility index (Phi) is 4.17. The number of nitrogens with zero attached hydrogens (tertiary/aromatic N) is 1. The minimum absolute atomic E-state index is 0.469. The maximum atomic E-state index is 11.2. The minimum atomic E-state index is -0.827. The zero-order chi connectivity index (χ0) is 12.4. The molecule has 1 fully saturated rings. The summed E-state index contributed by atoms with van der Waals surface area (Å²) >= 11 is 6.71. The summed E-state index contributed by atoms with van der Waals surface area (Å²) in [6, 6.07) is 1.85. The van der Waals surface area contributed by atoms with Crippen LogP contribution in [0.4, 0.5) is 0 Å². The molecule has 6 heteroatoms. The molecule has 0 saturated carbocycles. The largest absolute Gasteiger partial charge is 0.481 e. The molecular formula is C11H11Br2NO3. The first-order valence-electron chi connectivity index (χ1n) is 5.25. The Balaban J connectivity index is 2.32. The summed E-state index contributed by atoms with van der Waals surface area (Å²) in [5.41, 5.74) is 0.653. The molecule has 1 aliphatic heterocycles. The number of halogens is 2. The molecule has 2 rings (SSSR count). The second kappa shape index (κ2) is 5.46. The van der Waals surface area contributed by atoms with Gasteiger partial charge in [0.2, 0.25) is 0 Å². The summed E-state index contributed by atoms with van der Waals surface area (Å²) in [4.78, 5) is 15.4. The van der Waals surface area contributed by atoms with Crippen molar-refractivity contribution < 1.29 is 14.6 Å². The zero-order valence-electron chi connectivity index (χ0n) is 8.90. The number of carboxylic acid groups (broad SMARTS) is 1. The van der Waals surface area contributed by atoms with E-state index in [2.05, 4.69) is 36.8 Å². The fourth-order valence-corrected chi connectivity index (χ4v) is 3.15. The maximum Gasteiger partial charge on any atom is 0.309 e. The van der Waals surface area contributed by atoms with Crippen molar-refractivity contribution in [2.45, 2.75) is 18.9 Å². The average Bonchev–Trinajstić information content (AvgIpc) is 2.29. The predicted molar refractivity (Wildman–Crippen MR) is 68.7 cm³/mol. The number of carboxylic acids is 1. The van der Waals surface area contributed by atoms with Gasteiger partial charge in [-0.25, -0.2) is 0 Å². The monoisotopic (exact) mass is 363 g/mol. The molecule has 0 radical (unpaired) electrons. The molecule has 17 heavy (non-hydrogen) atoms. The highest BCUT2D eigenvalue weighted by molar-refractivity contribution is 9.11. The summed E-state index contributed by atoms with van der Waals surface area (Å²) in [5, 5.41) is 9.18. The highest BCUT2D eigenvalue weighted by atomic mass is 79.9. The van der Waals surface area contributed by atoms with Crippen molar-refractivity contribution in [2.24, 2.45) is 5.92 Å². The van der Waals surface area contributed by atoms with Crippen LogP contribution >= 0.6 is 31.9 Å². The molecular weight excluding hydrogens is 354 g/mol. The van der Waals surface area contributed by atoms with E-state index in [0.717, 1.165) is 15.4 Å². The molecule has 0 bridgehead atoms. The molecule has 0 amide bonds. The number of pyridine rings is 1. The Labute approximate surface area is 116 Å². The molecule has 4 nitrogen and oxygen atoms in total. The van der Waals surface area contributed by atoms with Crippen molar-refractivity contribution in [1.29, 1.82) is 0 Å². The maximum absolute atomic E-state index is 11.2. The second-order valence-corrected chi connectivity index (χ2v) is 5.67. The lowest BCUT2D eigenvalue weighted by Crippen LogP contribution is -2.29. The van der Waals surface area contributed by atoms with Crippen LogP contribution in [0.15, 0.2) is 21.2 Å². The molecule has 1 aromatic heterocycles. The van der Waals surface area contributed by atoms with Gasteiger partial charge in [-0.05, 0) is 50.8 Å². The summed E-state index contributed by atoms with van der Waals surface area (Å²) in [7, 11) is 0. The first-order valence-corrected chi connectivity index (χ1v) is 6.83. The number of aromatic nitrogens is 1. The first kappa shape index (κ1) is 13.0. The second-order valence-electron chi connectivity index (χ2n) is 3.90. The van der Waals surface area contributed by atoms with Crippen LogP contribution in [0.5, 0.6) is 0 Å². The highest BCUT2D eigenvalue weighted by Gasteiger charge is 2.35. The van der Waals surface area contributed by atoms with Crippen LogP contribution < -0.4 is 0 Å². The third kappa shape index (κ3) is 2.86. The topological polar surface area (TPSA) is 59.4 Å². The summed E-state index contributed by atoms with van der Waals surface area (Å²) in [5.74, 6) is -1.35. The third-order valence-corrected chi connectivity index (χ3v) is 3.81. The van der Waals surface area contributed by atoms with E-state index in [4.69, 9.17) is 4.74 Å².